The van der Waals surface area contributed by atoms with Crippen molar-refractivity contribution < 1.29 is 13.6 Å². The molecule has 26 heavy (non-hydrogen) atoms. The van der Waals surface area contributed by atoms with E-state index in [2.05, 4.69) is 5.32 Å². The number of anilines is 1. The summed E-state index contributed by atoms with van der Waals surface area (Å²) in [6.07, 6.45) is 0. The molecule has 130 valence electrons. The molecule has 0 aliphatic carbocycles. The van der Waals surface area contributed by atoms with Gasteiger partial charge in [0.2, 0.25) is 0 Å². The van der Waals surface area contributed by atoms with E-state index in [1.807, 2.05) is 19.1 Å². The van der Waals surface area contributed by atoms with Gasteiger partial charge in [-0.2, -0.15) is 0 Å². The number of hydrogen-bond acceptors (Lipinski definition) is 4. The molecule has 4 rings (SSSR count). The first-order valence-electron chi connectivity index (χ1n) is 7.66. The van der Waals surface area contributed by atoms with Crippen molar-refractivity contribution in [1.82, 2.24) is 0 Å². The number of hydrogen-bond donors (Lipinski definition) is 1. The van der Waals surface area contributed by atoms with E-state index < -0.39 is 17.3 Å². The molecule has 4 aromatic rings. The molecule has 4 nitrogen and oxygen atoms in total. The molecule has 0 aliphatic heterocycles. The van der Waals surface area contributed by atoms with Gasteiger partial charge in [-0.3, -0.25) is 4.79 Å². The lowest BCUT2D eigenvalue weighted by Crippen LogP contribution is -2.10. The number of halogens is 2. The Morgan fingerprint density at radius 3 is 2.73 bits per heavy atom. The second kappa shape index (κ2) is 6.23. The number of thiophene rings is 1. The van der Waals surface area contributed by atoms with E-state index in [9.17, 15) is 14.0 Å². The third kappa shape index (κ3) is 2.87. The predicted octanol–water partition coefficient (Wildman–Crippen LogP) is 5.36. The van der Waals surface area contributed by atoms with Crippen LogP contribution < -0.4 is 10.9 Å². The minimum absolute atomic E-state index is 0.0973. The molecule has 2 aromatic heterocycles. The van der Waals surface area contributed by atoms with Crippen molar-refractivity contribution in [3.8, 4) is 0 Å². The van der Waals surface area contributed by atoms with Crippen LogP contribution in [0.2, 0.25) is 5.02 Å². The van der Waals surface area contributed by atoms with Crippen molar-refractivity contribution in [2.75, 3.05) is 5.32 Å². The number of carbonyl (C=O) groups excluding carboxylic acids is 1. The highest BCUT2D eigenvalue weighted by Gasteiger charge is 2.17. The molecule has 7 heteroatoms. The molecule has 2 aromatic carbocycles. The van der Waals surface area contributed by atoms with Gasteiger partial charge in [-0.25, -0.2) is 9.18 Å². The molecule has 0 atom stereocenters. The van der Waals surface area contributed by atoms with Gasteiger partial charge in [-0.15, -0.1) is 11.3 Å². The molecule has 1 N–H and O–H groups in total. The van der Waals surface area contributed by atoms with Crippen molar-refractivity contribution in [3.05, 3.63) is 74.2 Å². The van der Waals surface area contributed by atoms with Gasteiger partial charge in [-0.1, -0.05) is 23.2 Å². The Balaban J connectivity index is 1.80. The summed E-state index contributed by atoms with van der Waals surface area (Å²) < 4.78 is 19.2. The average molecular weight is 388 g/mol. The molecule has 0 bridgehead atoms. The molecule has 2 heterocycles. The number of benzene rings is 2. The molecule has 0 fully saturated rings. The SMILES string of the molecule is Cc1ccc2oc(=O)c3cc(C(=O)Nc4ccc(F)cc4Cl)sc3c2c1. The third-order valence-electron chi connectivity index (χ3n) is 3.94. The first kappa shape index (κ1) is 16.8. The van der Waals surface area contributed by atoms with Crippen LogP contribution in [0.25, 0.3) is 21.1 Å². The van der Waals surface area contributed by atoms with Gasteiger partial charge in [0.05, 0.1) is 25.7 Å². The van der Waals surface area contributed by atoms with Crippen molar-refractivity contribution in [2.24, 2.45) is 0 Å². The zero-order chi connectivity index (χ0) is 18.4. The van der Waals surface area contributed by atoms with Crippen LogP contribution >= 0.6 is 22.9 Å². The van der Waals surface area contributed by atoms with Gasteiger partial charge >= 0.3 is 5.63 Å². The van der Waals surface area contributed by atoms with E-state index in [0.29, 0.717) is 26.2 Å². The Morgan fingerprint density at radius 2 is 1.96 bits per heavy atom. The van der Waals surface area contributed by atoms with Gasteiger partial charge in [-0.05, 0) is 43.3 Å². The minimum Gasteiger partial charge on any atom is -0.422 e. The van der Waals surface area contributed by atoms with Crippen LogP contribution in [-0.4, -0.2) is 5.91 Å². The number of carbonyl (C=O) groups is 1. The van der Waals surface area contributed by atoms with Crippen LogP contribution in [0.3, 0.4) is 0 Å². The molecule has 1 amide bonds. The number of rotatable bonds is 2. The van der Waals surface area contributed by atoms with Gasteiger partial charge in [0.15, 0.2) is 0 Å². The fraction of sp³-hybridized carbons (Fsp3) is 0.0526. The van der Waals surface area contributed by atoms with Crippen molar-refractivity contribution >= 4 is 55.6 Å². The molecular formula is C19H11ClFNO3S. The molecule has 0 spiro atoms. The quantitative estimate of drug-likeness (QED) is 0.471. The van der Waals surface area contributed by atoms with Crippen LogP contribution in [0.1, 0.15) is 15.2 Å². The van der Waals surface area contributed by atoms with Crippen molar-refractivity contribution in [2.45, 2.75) is 6.92 Å². The third-order valence-corrected chi connectivity index (χ3v) is 5.42. The lowest BCUT2D eigenvalue weighted by molar-refractivity contribution is 0.103. The van der Waals surface area contributed by atoms with E-state index in [0.717, 1.165) is 17.0 Å². The van der Waals surface area contributed by atoms with Crippen LogP contribution in [0, 0.1) is 12.7 Å². The average Bonchev–Trinajstić information content (AvgIpc) is 3.05. The highest BCUT2D eigenvalue weighted by molar-refractivity contribution is 7.21. The van der Waals surface area contributed by atoms with E-state index in [4.69, 9.17) is 16.0 Å². The van der Waals surface area contributed by atoms with Gasteiger partial charge in [0, 0.05) is 5.39 Å². The second-order valence-electron chi connectivity index (χ2n) is 5.82. The molecular weight excluding hydrogens is 377 g/mol. The van der Waals surface area contributed by atoms with Crippen LogP contribution in [0.15, 0.2) is 51.7 Å². The Hall–Kier alpha value is -2.70. The lowest BCUT2D eigenvalue weighted by atomic mass is 10.1. The summed E-state index contributed by atoms with van der Waals surface area (Å²) in [6, 6.07) is 10.7. The summed E-state index contributed by atoms with van der Waals surface area (Å²) in [5, 5.41) is 3.86. The largest absolute Gasteiger partial charge is 0.422 e. The number of aryl methyl sites for hydroxylation is 1. The monoisotopic (exact) mass is 387 g/mol. The molecule has 0 saturated heterocycles. The Labute approximate surface area is 155 Å². The molecule has 0 unspecified atom stereocenters. The maximum Gasteiger partial charge on any atom is 0.345 e. The summed E-state index contributed by atoms with van der Waals surface area (Å²) >= 11 is 7.14. The fourth-order valence-corrected chi connectivity index (χ4v) is 3.97. The standard InChI is InChI=1S/C19H11ClFNO3S/c1-9-2-5-15-11(6-9)17-12(19(24)25-15)8-16(26-17)18(23)22-14-4-3-10(21)7-13(14)20/h2-8H,1H3,(H,22,23). The van der Waals surface area contributed by atoms with Gasteiger partial charge < -0.3 is 9.73 Å². The second-order valence-corrected chi connectivity index (χ2v) is 7.28. The van der Waals surface area contributed by atoms with E-state index in [1.54, 1.807) is 6.07 Å². The van der Waals surface area contributed by atoms with E-state index >= 15 is 0 Å². The number of amides is 1. The van der Waals surface area contributed by atoms with Crippen molar-refractivity contribution in [3.63, 3.8) is 0 Å². The van der Waals surface area contributed by atoms with Crippen molar-refractivity contribution in [1.29, 1.82) is 0 Å². The fourth-order valence-electron chi connectivity index (χ4n) is 2.69. The first-order chi connectivity index (χ1) is 12.4. The van der Waals surface area contributed by atoms with Crippen LogP contribution in [0.5, 0.6) is 0 Å². The zero-order valence-electron chi connectivity index (χ0n) is 13.4. The van der Waals surface area contributed by atoms with E-state index in [1.165, 1.54) is 29.5 Å². The Kier molecular flexibility index (Phi) is 4.01. The summed E-state index contributed by atoms with van der Waals surface area (Å²) in [7, 11) is 0. The maximum atomic E-state index is 13.1. The summed E-state index contributed by atoms with van der Waals surface area (Å²) in [5.41, 5.74) is 1.29. The molecule has 0 radical (unpaired) electrons. The van der Waals surface area contributed by atoms with E-state index in [-0.39, 0.29) is 5.02 Å². The van der Waals surface area contributed by atoms with Crippen LogP contribution in [0.4, 0.5) is 10.1 Å². The maximum absolute atomic E-state index is 13.1. The zero-order valence-corrected chi connectivity index (χ0v) is 15.0. The normalized spacial score (nSPS) is 11.2. The highest BCUT2D eigenvalue weighted by atomic mass is 35.5. The molecule has 0 aliphatic rings. The minimum atomic E-state index is -0.494. The first-order valence-corrected chi connectivity index (χ1v) is 8.85. The number of fused-ring (bicyclic) bond motifs is 3. The van der Waals surface area contributed by atoms with Gasteiger partial charge in [0.1, 0.15) is 11.4 Å². The van der Waals surface area contributed by atoms with Crippen LogP contribution in [-0.2, 0) is 0 Å². The summed E-state index contributed by atoms with van der Waals surface area (Å²) in [6.45, 7) is 1.94. The highest BCUT2D eigenvalue weighted by Crippen LogP contribution is 2.32. The summed E-state index contributed by atoms with van der Waals surface area (Å²) in [4.78, 5) is 25.1. The lowest BCUT2D eigenvalue weighted by Gasteiger charge is -2.05. The Bertz CT molecular complexity index is 1240. The predicted molar refractivity (Wildman–Crippen MR) is 102 cm³/mol. The number of nitrogens with one attached hydrogen (secondary N) is 1. The molecule has 0 saturated carbocycles. The Morgan fingerprint density at radius 1 is 1.15 bits per heavy atom. The smallest absolute Gasteiger partial charge is 0.345 e. The van der Waals surface area contributed by atoms with Gasteiger partial charge in [0.25, 0.3) is 5.91 Å². The topological polar surface area (TPSA) is 59.3 Å². The summed E-state index contributed by atoms with van der Waals surface area (Å²) in [5.74, 6) is -0.922.